The smallest absolute Gasteiger partial charge is 0.263 e. The molecule has 1 heterocycles. The summed E-state index contributed by atoms with van der Waals surface area (Å²) in [5, 5.41) is 0. The highest BCUT2D eigenvalue weighted by molar-refractivity contribution is 14.1. The number of aromatic nitrogens is 2. The van der Waals surface area contributed by atoms with Gasteiger partial charge in [0, 0.05) is 15.6 Å². The number of carbonyl (C=O) groups is 1. The van der Waals surface area contributed by atoms with Gasteiger partial charge in [-0.1, -0.05) is 48.5 Å². The van der Waals surface area contributed by atoms with Crippen molar-refractivity contribution in [2.75, 3.05) is 0 Å². The molecule has 4 rings (SSSR count). The Kier molecular flexibility index (Phi) is 4.36. The Bertz CT molecular complexity index is 1050. The molecule has 0 spiro atoms. The maximum absolute atomic E-state index is 13.2. The van der Waals surface area contributed by atoms with Gasteiger partial charge in [-0.2, -0.15) is 0 Å². The molecule has 0 bridgehead atoms. The maximum Gasteiger partial charge on any atom is 0.263 e. The zero-order chi connectivity index (χ0) is 17.2. The van der Waals surface area contributed by atoms with Crippen molar-refractivity contribution in [3.63, 3.8) is 0 Å². The molecule has 3 nitrogen and oxygen atoms in total. The Hall–Kier alpha value is -2.47. The van der Waals surface area contributed by atoms with Gasteiger partial charge >= 0.3 is 0 Å². The number of hydrogen-bond acceptors (Lipinski definition) is 2. The molecule has 0 fully saturated rings. The standard InChI is InChI=1S/C21H15IN2O/c22-17-10-6-9-16(14-17)21(25)24-19-12-5-4-11-18(19)23-20(24)13-15-7-2-1-3-8-15/h1-12,14H,13H2. The first-order chi connectivity index (χ1) is 12.2. The largest absolute Gasteiger partial charge is 0.268 e. The van der Waals surface area contributed by atoms with Crippen LogP contribution in [0.3, 0.4) is 0 Å². The van der Waals surface area contributed by atoms with Crippen LogP contribution in [0.4, 0.5) is 0 Å². The third-order valence-electron chi connectivity index (χ3n) is 4.11. The van der Waals surface area contributed by atoms with Crippen LogP contribution < -0.4 is 0 Å². The van der Waals surface area contributed by atoms with Gasteiger partial charge in [0.2, 0.25) is 0 Å². The Morgan fingerprint density at radius 1 is 0.920 bits per heavy atom. The monoisotopic (exact) mass is 438 g/mol. The van der Waals surface area contributed by atoms with E-state index < -0.39 is 0 Å². The summed E-state index contributed by atoms with van der Waals surface area (Å²) >= 11 is 2.22. The maximum atomic E-state index is 13.2. The highest BCUT2D eigenvalue weighted by atomic mass is 127. The summed E-state index contributed by atoms with van der Waals surface area (Å²) < 4.78 is 2.78. The van der Waals surface area contributed by atoms with Crippen LogP contribution in [0.15, 0.2) is 78.9 Å². The van der Waals surface area contributed by atoms with Crippen LogP contribution in [0.1, 0.15) is 21.7 Å². The second-order valence-electron chi connectivity index (χ2n) is 5.83. The fraction of sp³-hybridized carbons (Fsp3) is 0.0476. The van der Waals surface area contributed by atoms with Gasteiger partial charge in [-0.3, -0.25) is 9.36 Å². The predicted molar refractivity (Wildman–Crippen MR) is 108 cm³/mol. The summed E-state index contributed by atoms with van der Waals surface area (Å²) in [4.78, 5) is 17.9. The molecular formula is C21H15IN2O. The fourth-order valence-electron chi connectivity index (χ4n) is 2.95. The summed E-state index contributed by atoms with van der Waals surface area (Å²) in [5.74, 6) is 0.717. The van der Waals surface area contributed by atoms with Crippen molar-refractivity contribution in [3.05, 3.63) is 99.4 Å². The second-order valence-corrected chi connectivity index (χ2v) is 7.08. The molecule has 0 aliphatic rings. The lowest BCUT2D eigenvalue weighted by molar-refractivity contribution is 0.0961. The topological polar surface area (TPSA) is 34.9 Å². The first-order valence-corrected chi connectivity index (χ1v) is 9.11. The number of carbonyl (C=O) groups excluding carboxylic acids is 1. The van der Waals surface area contributed by atoms with Crippen molar-refractivity contribution in [2.45, 2.75) is 6.42 Å². The minimum absolute atomic E-state index is 0.0434. The molecule has 1 aromatic heterocycles. The summed E-state index contributed by atoms with van der Waals surface area (Å²) in [6, 6.07) is 25.5. The molecule has 0 atom stereocenters. The van der Waals surface area contributed by atoms with Crippen LogP contribution in [-0.2, 0) is 6.42 Å². The quantitative estimate of drug-likeness (QED) is 0.426. The van der Waals surface area contributed by atoms with E-state index in [1.165, 1.54) is 0 Å². The lowest BCUT2D eigenvalue weighted by Gasteiger charge is -2.09. The molecule has 0 N–H and O–H groups in total. The lowest BCUT2D eigenvalue weighted by Crippen LogP contribution is -2.15. The highest BCUT2D eigenvalue weighted by Gasteiger charge is 2.18. The third-order valence-corrected chi connectivity index (χ3v) is 4.78. The first-order valence-electron chi connectivity index (χ1n) is 8.03. The number of benzene rings is 3. The zero-order valence-corrected chi connectivity index (χ0v) is 15.6. The van der Waals surface area contributed by atoms with Crippen LogP contribution in [0.25, 0.3) is 11.0 Å². The predicted octanol–water partition coefficient (Wildman–Crippen LogP) is 4.92. The summed E-state index contributed by atoms with van der Waals surface area (Å²) in [5.41, 5.74) is 3.49. The van der Waals surface area contributed by atoms with Gasteiger partial charge in [0.15, 0.2) is 0 Å². The molecule has 25 heavy (non-hydrogen) atoms. The van der Waals surface area contributed by atoms with Gasteiger partial charge in [0.05, 0.1) is 11.0 Å². The normalized spacial score (nSPS) is 10.9. The van der Waals surface area contributed by atoms with Crippen molar-refractivity contribution in [2.24, 2.45) is 0 Å². The molecule has 0 saturated carbocycles. The molecular weight excluding hydrogens is 423 g/mol. The van der Waals surface area contributed by atoms with Crippen LogP contribution in [0.2, 0.25) is 0 Å². The Balaban J connectivity index is 1.86. The number of rotatable bonds is 3. The van der Waals surface area contributed by atoms with E-state index in [4.69, 9.17) is 4.98 Å². The minimum Gasteiger partial charge on any atom is -0.268 e. The molecule has 4 aromatic rings. The Morgan fingerprint density at radius 2 is 1.68 bits per heavy atom. The summed E-state index contributed by atoms with van der Waals surface area (Å²) in [6.07, 6.45) is 0.616. The van der Waals surface area contributed by atoms with Gasteiger partial charge in [0.1, 0.15) is 5.82 Å². The van der Waals surface area contributed by atoms with E-state index in [0.29, 0.717) is 12.0 Å². The van der Waals surface area contributed by atoms with E-state index in [-0.39, 0.29) is 5.91 Å². The van der Waals surface area contributed by atoms with Crippen LogP contribution in [-0.4, -0.2) is 15.5 Å². The van der Waals surface area contributed by atoms with Gasteiger partial charge in [0.25, 0.3) is 5.91 Å². The molecule has 0 amide bonds. The number of nitrogens with zero attached hydrogens (tertiary/aromatic N) is 2. The average Bonchev–Trinajstić information content (AvgIpc) is 2.99. The minimum atomic E-state index is -0.0434. The average molecular weight is 438 g/mol. The Morgan fingerprint density at radius 3 is 2.48 bits per heavy atom. The van der Waals surface area contributed by atoms with Gasteiger partial charge in [-0.25, -0.2) is 4.98 Å². The van der Waals surface area contributed by atoms with Gasteiger partial charge in [-0.05, 0) is 58.5 Å². The number of hydrogen-bond donors (Lipinski definition) is 0. The van der Waals surface area contributed by atoms with Gasteiger partial charge < -0.3 is 0 Å². The van der Waals surface area contributed by atoms with E-state index >= 15 is 0 Å². The van der Waals surface area contributed by atoms with Crippen molar-refractivity contribution in [1.29, 1.82) is 0 Å². The molecule has 0 unspecified atom stereocenters. The molecule has 0 aliphatic heterocycles. The zero-order valence-electron chi connectivity index (χ0n) is 13.4. The van der Waals surface area contributed by atoms with E-state index in [9.17, 15) is 4.79 Å². The van der Waals surface area contributed by atoms with E-state index in [1.54, 1.807) is 4.57 Å². The Labute approximate surface area is 159 Å². The third kappa shape index (κ3) is 3.22. The SMILES string of the molecule is O=C(c1cccc(I)c1)n1c(Cc2ccccc2)nc2ccccc21. The fourth-order valence-corrected chi connectivity index (χ4v) is 3.49. The molecule has 122 valence electrons. The van der Waals surface area contributed by atoms with E-state index in [1.807, 2.05) is 66.7 Å². The summed E-state index contributed by atoms with van der Waals surface area (Å²) in [6.45, 7) is 0. The van der Waals surface area contributed by atoms with Crippen LogP contribution in [0.5, 0.6) is 0 Å². The number of imidazole rings is 1. The second kappa shape index (κ2) is 6.80. The molecule has 0 aliphatic carbocycles. The molecule has 4 heteroatoms. The van der Waals surface area contributed by atoms with E-state index in [0.717, 1.165) is 26.0 Å². The number of fused-ring (bicyclic) bond motifs is 1. The lowest BCUT2D eigenvalue weighted by atomic mass is 10.1. The van der Waals surface area contributed by atoms with Crippen molar-refractivity contribution < 1.29 is 4.79 Å². The van der Waals surface area contributed by atoms with Crippen molar-refractivity contribution in [3.8, 4) is 0 Å². The van der Waals surface area contributed by atoms with Crippen molar-refractivity contribution in [1.82, 2.24) is 9.55 Å². The number of para-hydroxylation sites is 2. The molecule has 0 radical (unpaired) electrons. The van der Waals surface area contributed by atoms with Crippen LogP contribution >= 0.6 is 22.6 Å². The van der Waals surface area contributed by atoms with Crippen molar-refractivity contribution >= 4 is 39.5 Å². The van der Waals surface area contributed by atoms with Gasteiger partial charge in [-0.15, -0.1) is 0 Å². The first kappa shape index (κ1) is 16.0. The molecule has 3 aromatic carbocycles. The highest BCUT2D eigenvalue weighted by Crippen LogP contribution is 2.21. The number of halogens is 1. The van der Waals surface area contributed by atoms with E-state index in [2.05, 4.69) is 34.7 Å². The van der Waals surface area contributed by atoms with Crippen LogP contribution in [0, 0.1) is 3.57 Å². The summed E-state index contributed by atoms with van der Waals surface area (Å²) in [7, 11) is 0. The molecule has 0 saturated heterocycles.